The predicted octanol–water partition coefficient (Wildman–Crippen LogP) is 5.66. The number of aryl methyl sites for hydroxylation is 2. The molecule has 0 amide bonds. The molecule has 0 saturated heterocycles. The Balaban J connectivity index is 1.94. The molecule has 2 aromatic rings. The summed E-state index contributed by atoms with van der Waals surface area (Å²) in [6.07, 6.45) is 2.40. The van der Waals surface area contributed by atoms with Gasteiger partial charge in [-0.25, -0.2) is 8.78 Å². The van der Waals surface area contributed by atoms with Crippen LogP contribution in [0.4, 0.5) is 20.2 Å². The number of benzene rings is 2. The molecule has 5 heteroatoms. The highest BCUT2D eigenvalue weighted by Crippen LogP contribution is 2.46. The minimum atomic E-state index is -0.693. The molecule has 1 heterocycles. The van der Waals surface area contributed by atoms with Gasteiger partial charge in [0.2, 0.25) is 0 Å². The largest absolute Gasteiger partial charge is 0.375 e. The molecule has 0 spiro atoms. The lowest BCUT2D eigenvalue weighted by molar-refractivity contribution is -0.124. The third-order valence-corrected chi connectivity index (χ3v) is 5.71. The summed E-state index contributed by atoms with van der Waals surface area (Å²) in [6, 6.07) is 6.71. The molecule has 2 atom stereocenters. The summed E-state index contributed by atoms with van der Waals surface area (Å²) in [5.74, 6) is -1.65. The number of rotatable bonds is 1. The Morgan fingerprint density at radius 3 is 2.43 bits per heavy atom. The highest BCUT2D eigenvalue weighted by Gasteiger charge is 2.42. The van der Waals surface area contributed by atoms with E-state index in [2.05, 4.69) is 16.7 Å². The molecule has 2 N–H and O–H groups in total. The molecule has 0 aromatic heterocycles. The molecule has 28 heavy (non-hydrogen) atoms. The van der Waals surface area contributed by atoms with E-state index in [0.29, 0.717) is 6.42 Å². The number of Topliss-reactive ketones (excluding diaryl/α,β-unsaturated/α-hetero) is 1. The highest BCUT2D eigenvalue weighted by molar-refractivity contribution is 5.90. The summed E-state index contributed by atoms with van der Waals surface area (Å²) in [5.41, 5.74) is 4.41. The van der Waals surface area contributed by atoms with E-state index < -0.39 is 23.6 Å². The van der Waals surface area contributed by atoms with Gasteiger partial charge in [-0.1, -0.05) is 19.9 Å². The number of ketones is 1. The lowest BCUT2D eigenvalue weighted by Gasteiger charge is -2.35. The minimum absolute atomic E-state index is 0.0115. The quantitative estimate of drug-likeness (QED) is 0.669. The van der Waals surface area contributed by atoms with E-state index in [1.807, 2.05) is 39.8 Å². The predicted molar refractivity (Wildman–Crippen MR) is 107 cm³/mol. The maximum absolute atomic E-state index is 14.7. The summed E-state index contributed by atoms with van der Waals surface area (Å²) >= 11 is 0. The number of carbonyl (C=O) groups excluding carboxylic acids is 1. The zero-order valence-electron chi connectivity index (χ0n) is 16.5. The van der Waals surface area contributed by atoms with Crippen molar-refractivity contribution in [2.45, 2.75) is 40.2 Å². The molecule has 3 nitrogen and oxygen atoms in total. The van der Waals surface area contributed by atoms with Gasteiger partial charge in [-0.3, -0.25) is 4.79 Å². The number of nitrogens with one attached hydrogen (secondary N) is 2. The maximum atomic E-state index is 14.7. The van der Waals surface area contributed by atoms with Crippen molar-refractivity contribution >= 4 is 17.2 Å². The first-order chi connectivity index (χ1) is 13.1. The van der Waals surface area contributed by atoms with Crippen molar-refractivity contribution in [2.75, 3.05) is 10.6 Å². The number of fused-ring (bicyclic) bond motifs is 2. The Kier molecular flexibility index (Phi) is 4.29. The molecule has 1 aliphatic heterocycles. The van der Waals surface area contributed by atoms with E-state index in [-0.39, 0.29) is 16.8 Å². The molecular weight excluding hydrogens is 358 g/mol. The maximum Gasteiger partial charge on any atom is 0.145 e. The van der Waals surface area contributed by atoms with E-state index in [9.17, 15) is 13.6 Å². The molecule has 2 aliphatic rings. The standard InChI is InChI=1S/C23H24F2N2O/c1-12-7-17-18(8-13(12)2)27-22(15-9-14(24)5-6-16(15)25)21-19(26-17)10-23(3,4)11-20(21)28/h5-10,21-22,26-27H,11H2,1-4H3. The summed E-state index contributed by atoms with van der Waals surface area (Å²) in [7, 11) is 0. The van der Waals surface area contributed by atoms with Gasteiger partial charge >= 0.3 is 0 Å². The number of allylic oxidation sites excluding steroid dienone is 1. The summed E-state index contributed by atoms with van der Waals surface area (Å²) in [6.45, 7) is 8.04. The fourth-order valence-electron chi connectivity index (χ4n) is 4.23. The molecule has 2 aromatic carbocycles. The SMILES string of the molecule is Cc1cc2c(cc1C)NC(c1cc(F)ccc1F)C1C(=O)CC(C)(C)C=C1N2. The third kappa shape index (κ3) is 3.19. The minimum Gasteiger partial charge on any atom is -0.375 e. The molecule has 4 rings (SSSR count). The van der Waals surface area contributed by atoms with Gasteiger partial charge < -0.3 is 10.6 Å². The number of halogens is 2. The third-order valence-electron chi connectivity index (χ3n) is 5.71. The van der Waals surface area contributed by atoms with Crippen LogP contribution in [0, 0.1) is 36.8 Å². The van der Waals surface area contributed by atoms with Crippen LogP contribution >= 0.6 is 0 Å². The van der Waals surface area contributed by atoms with E-state index >= 15 is 0 Å². The molecule has 1 aliphatic carbocycles. The number of carbonyl (C=O) groups is 1. The summed E-state index contributed by atoms with van der Waals surface area (Å²) in [4.78, 5) is 13.1. The van der Waals surface area contributed by atoms with Crippen molar-refractivity contribution in [2.24, 2.45) is 11.3 Å². The van der Waals surface area contributed by atoms with Gasteiger partial charge in [0.1, 0.15) is 17.4 Å². The zero-order valence-corrected chi connectivity index (χ0v) is 16.5. The van der Waals surface area contributed by atoms with Crippen LogP contribution in [-0.4, -0.2) is 5.78 Å². The first-order valence-corrected chi connectivity index (χ1v) is 9.50. The van der Waals surface area contributed by atoms with Gasteiger partial charge in [-0.15, -0.1) is 0 Å². The van der Waals surface area contributed by atoms with Crippen molar-refractivity contribution < 1.29 is 13.6 Å². The Bertz CT molecular complexity index is 1010. The van der Waals surface area contributed by atoms with Crippen molar-refractivity contribution in [1.82, 2.24) is 0 Å². The average molecular weight is 382 g/mol. The molecule has 0 radical (unpaired) electrons. The highest BCUT2D eigenvalue weighted by atomic mass is 19.1. The Morgan fingerprint density at radius 1 is 1.04 bits per heavy atom. The Morgan fingerprint density at radius 2 is 1.71 bits per heavy atom. The summed E-state index contributed by atoms with van der Waals surface area (Å²) < 4.78 is 28.6. The van der Waals surface area contributed by atoms with Crippen LogP contribution in [0.15, 0.2) is 42.1 Å². The lowest BCUT2D eigenvalue weighted by Crippen LogP contribution is -2.37. The number of hydrogen-bond acceptors (Lipinski definition) is 3. The van der Waals surface area contributed by atoms with Gasteiger partial charge in [-0.2, -0.15) is 0 Å². The first-order valence-electron chi connectivity index (χ1n) is 9.50. The lowest BCUT2D eigenvalue weighted by atomic mass is 9.72. The van der Waals surface area contributed by atoms with Crippen LogP contribution in [0.1, 0.15) is 43.0 Å². The second kappa shape index (κ2) is 6.43. The van der Waals surface area contributed by atoms with Crippen LogP contribution < -0.4 is 10.6 Å². The molecule has 146 valence electrons. The molecule has 0 fully saturated rings. The van der Waals surface area contributed by atoms with Crippen molar-refractivity contribution in [3.05, 3.63) is 70.4 Å². The van der Waals surface area contributed by atoms with Crippen LogP contribution in [0.3, 0.4) is 0 Å². The smallest absolute Gasteiger partial charge is 0.145 e. The van der Waals surface area contributed by atoms with E-state index in [0.717, 1.165) is 40.3 Å². The normalized spacial score (nSPS) is 22.9. The average Bonchev–Trinajstić information content (AvgIpc) is 2.73. The molecule has 0 saturated carbocycles. The van der Waals surface area contributed by atoms with Crippen molar-refractivity contribution in [3.63, 3.8) is 0 Å². The molecular formula is C23H24F2N2O. The van der Waals surface area contributed by atoms with Crippen LogP contribution in [-0.2, 0) is 4.79 Å². The second-order valence-corrected chi connectivity index (χ2v) is 8.60. The van der Waals surface area contributed by atoms with Crippen molar-refractivity contribution in [1.29, 1.82) is 0 Å². The van der Waals surface area contributed by atoms with Gasteiger partial charge in [0.25, 0.3) is 0 Å². The summed E-state index contributed by atoms with van der Waals surface area (Å²) in [5, 5.41) is 6.75. The molecule has 0 bridgehead atoms. The van der Waals surface area contributed by atoms with E-state index in [1.54, 1.807) is 0 Å². The van der Waals surface area contributed by atoms with E-state index in [1.165, 1.54) is 6.07 Å². The van der Waals surface area contributed by atoms with Crippen LogP contribution in [0.25, 0.3) is 0 Å². The number of anilines is 2. The van der Waals surface area contributed by atoms with E-state index in [4.69, 9.17) is 0 Å². The van der Waals surface area contributed by atoms with Crippen LogP contribution in [0.5, 0.6) is 0 Å². The Hall–Kier alpha value is -2.69. The zero-order chi connectivity index (χ0) is 20.2. The molecule has 2 unspecified atom stereocenters. The van der Waals surface area contributed by atoms with Gasteiger partial charge in [0, 0.05) is 17.7 Å². The number of hydrogen-bond donors (Lipinski definition) is 2. The van der Waals surface area contributed by atoms with Crippen LogP contribution in [0.2, 0.25) is 0 Å². The van der Waals surface area contributed by atoms with Gasteiger partial charge in [0.15, 0.2) is 0 Å². The second-order valence-electron chi connectivity index (χ2n) is 8.60. The fraction of sp³-hybridized carbons (Fsp3) is 0.348. The van der Waals surface area contributed by atoms with Gasteiger partial charge in [0.05, 0.1) is 23.3 Å². The monoisotopic (exact) mass is 382 g/mol. The van der Waals surface area contributed by atoms with Crippen molar-refractivity contribution in [3.8, 4) is 0 Å². The first kappa shape index (κ1) is 18.7. The topological polar surface area (TPSA) is 41.1 Å². The van der Waals surface area contributed by atoms with Gasteiger partial charge in [-0.05, 0) is 60.7 Å². The Labute approximate surface area is 163 Å². The fourth-order valence-corrected chi connectivity index (χ4v) is 4.23.